The van der Waals surface area contributed by atoms with E-state index in [4.69, 9.17) is 0 Å². The Hall–Kier alpha value is -2.09. The van der Waals surface area contributed by atoms with Crippen molar-refractivity contribution in [3.8, 4) is 0 Å². The number of benzene rings is 1. The second-order valence-corrected chi connectivity index (χ2v) is 8.15. The molecular formula is C19H24FN5OS. The molecule has 0 radical (unpaired) electrons. The summed E-state index contributed by atoms with van der Waals surface area (Å²) in [5.41, 5.74) is 0.524. The van der Waals surface area contributed by atoms with Crippen LogP contribution in [0.1, 0.15) is 37.3 Å². The van der Waals surface area contributed by atoms with Gasteiger partial charge in [0, 0.05) is 38.3 Å². The van der Waals surface area contributed by atoms with E-state index in [-0.39, 0.29) is 24.0 Å². The summed E-state index contributed by atoms with van der Waals surface area (Å²) in [5, 5.41) is 9.57. The summed E-state index contributed by atoms with van der Waals surface area (Å²) in [5.74, 6) is 0.894. The molecule has 1 aromatic carbocycles. The van der Waals surface area contributed by atoms with E-state index in [9.17, 15) is 9.18 Å². The predicted molar refractivity (Wildman–Crippen MR) is 103 cm³/mol. The smallest absolute Gasteiger partial charge is 0.233 e. The number of aromatic nitrogens is 3. The normalized spacial score (nSPS) is 16.7. The molecule has 0 N–H and O–H groups in total. The largest absolute Gasteiger partial charge is 0.341 e. The average Bonchev–Trinajstić information content (AvgIpc) is 3.19. The van der Waals surface area contributed by atoms with Crippen LogP contribution >= 0.6 is 11.8 Å². The molecule has 0 spiro atoms. The SMILES string of the molecule is CN(Cc1ccccc1F)C(=O)CSc1nnc(N2CCCC2)n1C1CC1. The number of carbonyl (C=O) groups excluding carboxylic acids is 1. The lowest BCUT2D eigenvalue weighted by Crippen LogP contribution is -2.28. The number of anilines is 1. The van der Waals surface area contributed by atoms with Gasteiger partial charge in [-0.15, -0.1) is 10.2 Å². The van der Waals surface area contributed by atoms with Crippen molar-refractivity contribution in [1.82, 2.24) is 19.7 Å². The Morgan fingerprint density at radius 3 is 2.70 bits per heavy atom. The molecule has 1 amide bonds. The number of hydrogen-bond donors (Lipinski definition) is 0. The number of hydrogen-bond acceptors (Lipinski definition) is 5. The number of nitrogens with zero attached hydrogens (tertiary/aromatic N) is 5. The van der Waals surface area contributed by atoms with Crippen molar-refractivity contribution in [2.75, 3.05) is 30.8 Å². The minimum absolute atomic E-state index is 0.0451. The first-order chi connectivity index (χ1) is 13.1. The summed E-state index contributed by atoms with van der Waals surface area (Å²) in [7, 11) is 1.70. The Kier molecular flexibility index (Phi) is 5.33. The molecule has 0 unspecified atom stereocenters. The minimum atomic E-state index is -0.284. The van der Waals surface area contributed by atoms with Gasteiger partial charge in [-0.2, -0.15) is 0 Å². The van der Waals surface area contributed by atoms with Gasteiger partial charge in [0.05, 0.1) is 5.75 Å². The van der Waals surface area contributed by atoms with Crippen molar-refractivity contribution >= 4 is 23.6 Å². The fourth-order valence-corrected chi connectivity index (χ4v) is 4.30. The highest BCUT2D eigenvalue weighted by molar-refractivity contribution is 7.99. The first-order valence-electron chi connectivity index (χ1n) is 9.43. The molecule has 8 heteroatoms. The van der Waals surface area contributed by atoms with E-state index in [0.717, 1.165) is 37.0 Å². The van der Waals surface area contributed by atoms with Crippen molar-refractivity contribution in [2.24, 2.45) is 0 Å². The fourth-order valence-electron chi connectivity index (χ4n) is 3.36. The highest BCUT2D eigenvalue weighted by Gasteiger charge is 2.32. The second-order valence-electron chi connectivity index (χ2n) is 7.21. The summed E-state index contributed by atoms with van der Waals surface area (Å²) in [4.78, 5) is 16.4. The quantitative estimate of drug-likeness (QED) is 0.681. The maximum Gasteiger partial charge on any atom is 0.233 e. The van der Waals surface area contributed by atoms with Crippen LogP contribution in [-0.4, -0.2) is 51.5 Å². The molecule has 0 bridgehead atoms. The molecule has 1 saturated carbocycles. The highest BCUT2D eigenvalue weighted by atomic mass is 32.2. The topological polar surface area (TPSA) is 54.3 Å². The van der Waals surface area contributed by atoms with Crippen molar-refractivity contribution in [3.05, 3.63) is 35.6 Å². The molecule has 6 nitrogen and oxygen atoms in total. The third-order valence-electron chi connectivity index (χ3n) is 5.06. The van der Waals surface area contributed by atoms with Gasteiger partial charge in [-0.1, -0.05) is 30.0 Å². The first kappa shape index (κ1) is 18.3. The van der Waals surface area contributed by atoms with Crippen LogP contribution in [-0.2, 0) is 11.3 Å². The lowest BCUT2D eigenvalue weighted by molar-refractivity contribution is -0.127. The van der Waals surface area contributed by atoms with Crippen molar-refractivity contribution in [1.29, 1.82) is 0 Å². The zero-order chi connectivity index (χ0) is 18.8. The van der Waals surface area contributed by atoms with E-state index < -0.39 is 0 Å². The van der Waals surface area contributed by atoms with Crippen molar-refractivity contribution < 1.29 is 9.18 Å². The number of halogens is 1. The van der Waals surface area contributed by atoms with E-state index in [1.54, 1.807) is 30.1 Å². The van der Waals surface area contributed by atoms with Crippen LogP contribution < -0.4 is 4.90 Å². The van der Waals surface area contributed by atoms with Gasteiger partial charge >= 0.3 is 0 Å². The van der Waals surface area contributed by atoms with Crippen LogP contribution in [0.4, 0.5) is 10.3 Å². The summed E-state index contributed by atoms with van der Waals surface area (Å²) in [6, 6.07) is 7.02. The second kappa shape index (κ2) is 7.88. The molecule has 2 aromatic rings. The van der Waals surface area contributed by atoms with Crippen LogP contribution in [0.3, 0.4) is 0 Å². The molecule has 2 heterocycles. The molecule has 1 aliphatic heterocycles. The van der Waals surface area contributed by atoms with Gasteiger partial charge in [0.2, 0.25) is 11.9 Å². The van der Waals surface area contributed by atoms with E-state index in [0.29, 0.717) is 11.6 Å². The van der Waals surface area contributed by atoms with Gasteiger partial charge in [-0.05, 0) is 31.7 Å². The average molecular weight is 390 g/mol. The Morgan fingerprint density at radius 2 is 2.00 bits per heavy atom. The van der Waals surface area contributed by atoms with Crippen LogP contribution in [0.25, 0.3) is 0 Å². The van der Waals surface area contributed by atoms with Crippen molar-refractivity contribution in [2.45, 2.75) is 43.4 Å². The Morgan fingerprint density at radius 1 is 1.26 bits per heavy atom. The zero-order valence-corrected chi connectivity index (χ0v) is 16.3. The minimum Gasteiger partial charge on any atom is -0.341 e. The Bertz CT molecular complexity index is 816. The molecule has 0 atom stereocenters. The maximum absolute atomic E-state index is 13.8. The summed E-state index contributed by atoms with van der Waals surface area (Å²) < 4.78 is 16.0. The third kappa shape index (κ3) is 4.10. The van der Waals surface area contributed by atoms with E-state index in [2.05, 4.69) is 19.7 Å². The first-order valence-corrected chi connectivity index (χ1v) is 10.4. The Balaban J connectivity index is 1.39. The van der Waals surface area contributed by atoms with Gasteiger partial charge in [0.1, 0.15) is 5.82 Å². The molecule has 27 heavy (non-hydrogen) atoms. The molecule has 4 rings (SSSR count). The van der Waals surface area contributed by atoms with Gasteiger partial charge in [-0.3, -0.25) is 9.36 Å². The predicted octanol–water partition coefficient (Wildman–Crippen LogP) is 3.10. The van der Waals surface area contributed by atoms with Crippen molar-refractivity contribution in [3.63, 3.8) is 0 Å². The lowest BCUT2D eigenvalue weighted by atomic mass is 10.2. The summed E-state index contributed by atoms with van der Waals surface area (Å²) in [6.45, 7) is 2.32. The van der Waals surface area contributed by atoms with Crippen LogP contribution in [0, 0.1) is 5.82 Å². The number of amides is 1. The van der Waals surface area contributed by atoms with Crippen LogP contribution in [0.5, 0.6) is 0 Å². The molecule has 1 aliphatic carbocycles. The van der Waals surface area contributed by atoms with Gasteiger partial charge in [0.15, 0.2) is 5.16 Å². The summed E-state index contributed by atoms with van der Waals surface area (Å²) in [6.07, 6.45) is 4.68. The number of carbonyl (C=O) groups is 1. The van der Waals surface area contributed by atoms with Gasteiger partial charge < -0.3 is 9.80 Å². The highest BCUT2D eigenvalue weighted by Crippen LogP contribution is 2.41. The molecule has 2 aliphatic rings. The molecular weight excluding hydrogens is 365 g/mol. The number of rotatable bonds is 7. The van der Waals surface area contributed by atoms with Crippen LogP contribution in [0.2, 0.25) is 0 Å². The molecule has 1 saturated heterocycles. The standard InChI is InChI=1S/C19H24FN5OS/c1-23(12-14-6-2-3-7-16(14)20)17(26)13-27-19-22-21-18(24-10-4-5-11-24)25(19)15-8-9-15/h2-3,6-7,15H,4-5,8-13H2,1H3. The van der Waals surface area contributed by atoms with E-state index in [1.165, 1.54) is 30.7 Å². The fraction of sp³-hybridized carbons (Fsp3) is 0.526. The van der Waals surface area contributed by atoms with Gasteiger partial charge in [-0.25, -0.2) is 4.39 Å². The maximum atomic E-state index is 13.8. The Labute approximate surface area is 162 Å². The number of thioether (sulfide) groups is 1. The molecule has 144 valence electrons. The van der Waals surface area contributed by atoms with E-state index in [1.807, 2.05) is 0 Å². The van der Waals surface area contributed by atoms with E-state index >= 15 is 0 Å². The monoisotopic (exact) mass is 389 g/mol. The van der Waals surface area contributed by atoms with Crippen LogP contribution in [0.15, 0.2) is 29.4 Å². The lowest BCUT2D eigenvalue weighted by Gasteiger charge is -2.19. The van der Waals surface area contributed by atoms with Gasteiger partial charge in [0.25, 0.3) is 0 Å². The molecule has 1 aromatic heterocycles. The third-order valence-corrected chi connectivity index (χ3v) is 5.99. The summed E-state index contributed by atoms with van der Waals surface area (Å²) >= 11 is 1.42. The molecule has 2 fully saturated rings. The zero-order valence-electron chi connectivity index (χ0n) is 15.5.